The van der Waals surface area contributed by atoms with Crippen molar-refractivity contribution in [2.75, 3.05) is 30.6 Å². The van der Waals surface area contributed by atoms with Gasteiger partial charge in [0.25, 0.3) is 0 Å². The van der Waals surface area contributed by atoms with E-state index in [1.54, 1.807) is 30.3 Å². The molecule has 4 atom stereocenters. The molecule has 1 rings (SSSR count). The number of carbonyl (C=O) groups excluding carboxylic acids is 3. The maximum atomic E-state index is 13.0. The molecule has 12 heteroatoms. The Hall–Kier alpha value is -2.28. The van der Waals surface area contributed by atoms with Crippen LogP contribution in [0.1, 0.15) is 18.4 Å². The van der Waals surface area contributed by atoms with Gasteiger partial charge < -0.3 is 31.9 Å². The molecule has 0 aliphatic rings. The zero-order chi connectivity index (χ0) is 25.5. The molecule has 0 fully saturated rings. The Kier molecular flexibility index (Phi) is 14.3. The zero-order valence-electron chi connectivity index (χ0n) is 19.4. The van der Waals surface area contributed by atoms with Crippen LogP contribution in [-0.2, 0) is 25.6 Å². The van der Waals surface area contributed by atoms with E-state index < -0.39 is 54.5 Å². The lowest BCUT2D eigenvalue weighted by atomic mass is 10.0. The minimum Gasteiger partial charge on any atom is -0.480 e. The molecule has 0 radical (unpaired) electrons. The summed E-state index contributed by atoms with van der Waals surface area (Å²) >= 11 is 2.98. The fraction of sp³-hybridized carbons (Fsp3) is 0.545. The SMILES string of the molecule is CSCCC(N)C(=O)NC(CO)C(=O)NC(Cc1ccccc1)C(=O)NC(CCSC)C(=O)O. The van der Waals surface area contributed by atoms with Gasteiger partial charge in [-0.1, -0.05) is 30.3 Å². The lowest BCUT2D eigenvalue weighted by molar-refractivity contribution is -0.142. The molecule has 1 aromatic carbocycles. The van der Waals surface area contributed by atoms with Gasteiger partial charge in [0.2, 0.25) is 17.7 Å². The van der Waals surface area contributed by atoms with Gasteiger partial charge in [-0.25, -0.2) is 4.79 Å². The topological polar surface area (TPSA) is 171 Å². The van der Waals surface area contributed by atoms with Crippen LogP contribution in [0.5, 0.6) is 0 Å². The first-order valence-electron chi connectivity index (χ1n) is 10.8. The number of carboxylic acid groups (broad SMARTS) is 1. The van der Waals surface area contributed by atoms with Gasteiger partial charge >= 0.3 is 5.97 Å². The lowest BCUT2D eigenvalue weighted by Gasteiger charge is -2.24. The van der Waals surface area contributed by atoms with Crippen molar-refractivity contribution in [2.45, 2.75) is 43.4 Å². The summed E-state index contributed by atoms with van der Waals surface area (Å²) in [6.45, 7) is -0.696. The smallest absolute Gasteiger partial charge is 0.326 e. The van der Waals surface area contributed by atoms with Crippen LogP contribution in [0, 0.1) is 0 Å². The van der Waals surface area contributed by atoms with Crippen LogP contribution in [0.15, 0.2) is 30.3 Å². The number of aliphatic carboxylic acids is 1. The highest BCUT2D eigenvalue weighted by Gasteiger charge is 2.30. The average Bonchev–Trinajstić information content (AvgIpc) is 2.83. The monoisotopic (exact) mass is 514 g/mol. The van der Waals surface area contributed by atoms with Crippen LogP contribution in [-0.4, -0.2) is 88.7 Å². The molecule has 7 N–H and O–H groups in total. The summed E-state index contributed by atoms with van der Waals surface area (Å²) in [6.07, 6.45) is 4.42. The van der Waals surface area contributed by atoms with E-state index in [2.05, 4.69) is 16.0 Å². The molecule has 0 heterocycles. The summed E-state index contributed by atoms with van der Waals surface area (Å²) in [4.78, 5) is 49.6. The van der Waals surface area contributed by atoms with Crippen molar-refractivity contribution in [3.8, 4) is 0 Å². The van der Waals surface area contributed by atoms with Gasteiger partial charge in [0.1, 0.15) is 18.1 Å². The Labute approximate surface area is 208 Å². The molecular formula is C22H34N4O6S2. The average molecular weight is 515 g/mol. The highest BCUT2D eigenvalue weighted by Crippen LogP contribution is 2.07. The van der Waals surface area contributed by atoms with Crippen molar-refractivity contribution >= 4 is 47.2 Å². The Bertz CT molecular complexity index is 799. The van der Waals surface area contributed by atoms with Gasteiger partial charge in [0.15, 0.2) is 0 Å². The molecule has 0 spiro atoms. The molecule has 0 aromatic heterocycles. The second kappa shape index (κ2) is 16.4. The second-order valence-corrected chi connectivity index (χ2v) is 9.53. The van der Waals surface area contributed by atoms with E-state index >= 15 is 0 Å². The Morgan fingerprint density at radius 1 is 0.853 bits per heavy atom. The summed E-state index contributed by atoms with van der Waals surface area (Å²) in [7, 11) is 0. The van der Waals surface area contributed by atoms with Crippen LogP contribution >= 0.6 is 23.5 Å². The van der Waals surface area contributed by atoms with Gasteiger partial charge in [0.05, 0.1) is 12.6 Å². The molecule has 0 saturated heterocycles. The minimum atomic E-state index is -1.31. The number of thioether (sulfide) groups is 2. The number of carboxylic acids is 1. The molecule has 4 unspecified atom stereocenters. The third-order valence-electron chi connectivity index (χ3n) is 4.93. The number of rotatable bonds is 16. The Balaban J connectivity index is 2.96. The number of aliphatic hydroxyl groups excluding tert-OH is 1. The minimum absolute atomic E-state index is 0.0899. The van der Waals surface area contributed by atoms with Crippen LogP contribution in [0.2, 0.25) is 0 Å². The summed E-state index contributed by atoms with van der Waals surface area (Å²) in [5, 5.41) is 26.5. The third kappa shape index (κ3) is 10.8. The summed E-state index contributed by atoms with van der Waals surface area (Å²) in [6, 6.07) is 4.50. The summed E-state index contributed by atoms with van der Waals surface area (Å²) < 4.78 is 0. The molecular weight excluding hydrogens is 480 g/mol. The Morgan fingerprint density at radius 2 is 1.38 bits per heavy atom. The number of amides is 3. The van der Waals surface area contributed by atoms with E-state index in [0.717, 1.165) is 5.56 Å². The largest absolute Gasteiger partial charge is 0.480 e. The molecule has 0 saturated carbocycles. The van der Waals surface area contributed by atoms with Crippen molar-refractivity contribution in [3.05, 3.63) is 35.9 Å². The van der Waals surface area contributed by atoms with Gasteiger partial charge in [-0.3, -0.25) is 14.4 Å². The van der Waals surface area contributed by atoms with Crippen molar-refractivity contribution in [3.63, 3.8) is 0 Å². The van der Waals surface area contributed by atoms with E-state index in [9.17, 15) is 29.4 Å². The highest BCUT2D eigenvalue weighted by molar-refractivity contribution is 7.98. The normalized spacial score (nSPS) is 14.4. The van der Waals surface area contributed by atoms with Gasteiger partial charge in [-0.05, 0) is 42.4 Å². The molecule has 0 bridgehead atoms. The molecule has 1 aromatic rings. The fourth-order valence-corrected chi connectivity index (χ4v) is 3.91. The van der Waals surface area contributed by atoms with Gasteiger partial charge in [-0.2, -0.15) is 23.5 Å². The summed E-state index contributed by atoms with van der Waals surface area (Å²) in [5.74, 6) is -2.03. The predicted octanol–water partition coefficient (Wildman–Crippen LogP) is -0.406. The molecule has 3 amide bonds. The van der Waals surface area contributed by atoms with Crippen LogP contribution in [0.25, 0.3) is 0 Å². The van der Waals surface area contributed by atoms with Crippen LogP contribution in [0.3, 0.4) is 0 Å². The number of benzene rings is 1. The van der Waals surface area contributed by atoms with E-state index in [1.165, 1.54) is 23.5 Å². The van der Waals surface area contributed by atoms with E-state index in [0.29, 0.717) is 17.9 Å². The lowest BCUT2D eigenvalue weighted by Crippen LogP contribution is -2.58. The van der Waals surface area contributed by atoms with E-state index in [-0.39, 0.29) is 12.8 Å². The highest BCUT2D eigenvalue weighted by atomic mass is 32.2. The molecule has 34 heavy (non-hydrogen) atoms. The number of nitrogens with two attached hydrogens (primary N) is 1. The van der Waals surface area contributed by atoms with Crippen molar-refractivity contribution in [2.24, 2.45) is 5.73 Å². The maximum absolute atomic E-state index is 13.0. The first-order valence-corrected chi connectivity index (χ1v) is 13.5. The molecule has 10 nitrogen and oxygen atoms in total. The molecule has 190 valence electrons. The van der Waals surface area contributed by atoms with Gasteiger partial charge in [0, 0.05) is 6.42 Å². The number of hydrogen-bond acceptors (Lipinski definition) is 8. The Morgan fingerprint density at radius 3 is 1.94 bits per heavy atom. The van der Waals surface area contributed by atoms with Crippen molar-refractivity contribution < 1.29 is 29.4 Å². The molecule has 0 aliphatic carbocycles. The van der Waals surface area contributed by atoms with Crippen LogP contribution < -0.4 is 21.7 Å². The van der Waals surface area contributed by atoms with Gasteiger partial charge in [-0.15, -0.1) is 0 Å². The number of carbonyl (C=O) groups is 4. The first-order chi connectivity index (χ1) is 16.2. The third-order valence-corrected chi connectivity index (χ3v) is 6.21. The predicted molar refractivity (Wildman–Crippen MR) is 135 cm³/mol. The standard InChI is InChI=1S/C22H34N4O6S2/c1-33-10-8-15(23)19(28)26-18(13-27)21(30)25-17(12-14-6-4-3-5-7-14)20(29)24-16(22(31)32)9-11-34-2/h3-7,15-18,27H,8-13,23H2,1-2H3,(H,24,29)(H,25,30)(H,26,28)(H,31,32). The first kappa shape index (κ1) is 29.8. The number of hydrogen-bond donors (Lipinski definition) is 6. The molecule has 0 aliphatic heterocycles. The maximum Gasteiger partial charge on any atom is 0.326 e. The van der Waals surface area contributed by atoms with Crippen LogP contribution in [0.4, 0.5) is 0 Å². The van der Waals surface area contributed by atoms with E-state index in [4.69, 9.17) is 5.73 Å². The fourth-order valence-electron chi connectivity index (χ4n) is 2.95. The van der Waals surface area contributed by atoms with Crippen molar-refractivity contribution in [1.29, 1.82) is 0 Å². The number of nitrogens with one attached hydrogen (secondary N) is 3. The quantitative estimate of drug-likeness (QED) is 0.172. The summed E-state index contributed by atoms with van der Waals surface area (Å²) in [5.41, 5.74) is 6.56. The van der Waals surface area contributed by atoms with E-state index in [1.807, 2.05) is 12.5 Å². The zero-order valence-corrected chi connectivity index (χ0v) is 21.0. The van der Waals surface area contributed by atoms with Crippen molar-refractivity contribution in [1.82, 2.24) is 16.0 Å². The second-order valence-electron chi connectivity index (χ2n) is 7.56. The number of aliphatic hydroxyl groups is 1.